The summed E-state index contributed by atoms with van der Waals surface area (Å²) in [6.45, 7) is 2.82. The highest BCUT2D eigenvalue weighted by Crippen LogP contribution is 2.28. The molecule has 1 aromatic rings. The van der Waals surface area contributed by atoms with Crippen LogP contribution < -0.4 is 5.73 Å². The van der Waals surface area contributed by atoms with Crippen molar-refractivity contribution in [3.8, 4) is 5.75 Å². The van der Waals surface area contributed by atoms with Crippen molar-refractivity contribution in [1.82, 2.24) is 4.90 Å². The van der Waals surface area contributed by atoms with Crippen LogP contribution in [0, 0.1) is 6.92 Å². The SMILES string of the molecule is Cc1c(O)cccc1C(=O)N(CCN)C1CCC1. The van der Waals surface area contributed by atoms with Crippen molar-refractivity contribution in [2.45, 2.75) is 32.2 Å². The average molecular weight is 248 g/mol. The number of phenolic OH excluding ortho intramolecular Hbond substituents is 1. The van der Waals surface area contributed by atoms with Gasteiger partial charge in [0.2, 0.25) is 0 Å². The summed E-state index contributed by atoms with van der Waals surface area (Å²) in [6.07, 6.45) is 3.30. The van der Waals surface area contributed by atoms with Crippen molar-refractivity contribution >= 4 is 5.91 Å². The lowest BCUT2D eigenvalue weighted by Crippen LogP contribution is -2.46. The van der Waals surface area contributed by atoms with E-state index in [1.807, 2.05) is 4.90 Å². The summed E-state index contributed by atoms with van der Waals surface area (Å²) >= 11 is 0. The van der Waals surface area contributed by atoms with Crippen molar-refractivity contribution in [3.63, 3.8) is 0 Å². The van der Waals surface area contributed by atoms with Gasteiger partial charge >= 0.3 is 0 Å². The number of hydrogen-bond acceptors (Lipinski definition) is 3. The molecule has 2 rings (SSSR count). The summed E-state index contributed by atoms with van der Waals surface area (Å²) in [5.74, 6) is 0.153. The van der Waals surface area contributed by atoms with Gasteiger partial charge in [-0.3, -0.25) is 4.79 Å². The highest BCUT2D eigenvalue weighted by atomic mass is 16.3. The standard InChI is InChI=1S/C14H20N2O2/c1-10-12(6-3-7-13(10)17)14(18)16(9-8-15)11-4-2-5-11/h3,6-7,11,17H,2,4-5,8-9,15H2,1H3. The molecule has 18 heavy (non-hydrogen) atoms. The number of amides is 1. The topological polar surface area (TPSA) is 66.6 Å². The Morgan fingerprint density at radius 3 is 2.78 bits per heavy atom. The number of nitrogens with zero attached hydrogens (tertiary/aromatic N) is 1. The third-order valence-corrected chi connectivity index (χ3v) is 3.68. The van der Waals surface area contributed by atoms with E-state index in [1.54, 1.807) is 25.1 Å². The number of rotatable bonds is 4. The number of phenols is 1. The summed E-state index contributed by atoms with van der Waals surface area (Å²) in [5.41, 5.74) is 6.81. The Morgan fingerprint density at radius 2 is 2.22 bits per heavy atom. The van der Waals surface area contributed by atoms with Crippen LogP contribution in [0.5, 0.6) is 5.75 Å². The number of carbonyl (C=O) groups is 1. The van der Waals surface area contributed by atoms with Gasteiger partial charge in [-0.25, -0.2) is 0 Å². The van der Waals surface area contributed by atoms with Crippen LogP contribution in [0.2, 0.25) is 0 Å². The van der Waals surface area contributed by atoms with Crippen molar-refractivity contribution in [2.24, 2.45) is 5.73 Å². The van der Waals surface area contributed by atoms with Crippen LogP contribution in [0.3, 0.4) is 0 Å². The minimum Gasteiger partial charge on any atom is -0.508 e. The smallest absolute Gasteiger partial charge is 0.254 e. The molecule has 0 atom stereocenters. The van der Waals surface area contributed by atoms with Gasteiger partial charge in [0.05, 0.1) is 0 Å². The maximum absolute atomic E-state index is 12.5. The molecular formula is C14H20N2O2. The molecule has 0 heterocycles. The zero-order chi connectivity index (χ0) is 13.1. The van der Waals surface area contributed by atoms with Gasteiger partial charge in [-0.2, -0.15) is 0 Å². The van der Waals surface area contributed by atoms with Gasteiger partial charge in [0.1, 0.15) is 5.75 Å². The van der Waals surface area contributed by atoms with Gasteiger partial charge in [-0.05, 0) is 38.3 Å². The van der Waals surface area contributed by atoms with Gasteiger partial charge in [-0.15, -0.1) is 0 Å². The Morgan fingerprint density at radius 1 is 1.50 bits per heavy atom. The number of benzene rings is 1. The van der Waals surface area contributed by atoms with Gasteiger partial charge in [0.15, 0.2) is 0 Å². The lowest BCUT2D eigenvalue weighted by atomic mass is 9.90. The first kappa shape index (κ1) is 12.9. The largest absolute Gasteiger partial charge is 0.508 e. The molecule has 3 N–H and O–H groups in total. The van der Waals surface area contributed by atoms with Crippen molar-refractivity contribution in [1.29, 1.82) is 0 Å². The van der Waals surface area contributed by atoms with E-state index in [0.717, 1.165) is 12.8 Å². The number of nitrogens with two attached hydrogens (primary N) is 1. The van der Waals surface area contributed by atoms with E-state index in [2.05, 4.69) is 0 Å². The minimum absolute atomic E-state index is 0.0152. The van der Waals surface area contributed by atoms with E-state index in [0.29, 0.717) is 30.3 Å². The summed E-state index contributed by atoms with van der Waals surface area (Å²) in [6, 6.07) is 5.39. The van der Waals surface area contributed by atoms with Crippen LogP contribution in [-0.4, -0.2) is 35.0 Å². The predicted molar refractivity (Wildman–Crippen MR) is 70.6 cm³/mol. The molecule has 0 aromatic heterocycles. The molecule has 0 spiro atoms. The molecule has 4 heteroatoms. The monoisotopic (exact) mass is 248 g/mol. The highest BCUT2D eigenvalue weighted by molar-refractivity contribution is 5.96. The second kappa shape index (κ2) is 5.40. The molecular weight excluding hydrogens is 228 g/mol. The van der Waals surface area contributed by atoms with Crippen molar-refractivity contribution in [2.75, 3.05) is 13.1 Å². The highest BCUT2D eigenvalue weighted by Gasteiger charge is 2.29. The minimum atomic E-state index is -0.0152. The predicted octanol–water partition coefficient (Wildman–Crippen LogP) is 1.65. The third kappa shape index (κ3) is 2.34. The molecule has 1 aliphatic carbocycles. The molecule has 98 valence electrons. The first-order chi connectivity index (χ1) is 8.65. The Balaban J connectivity index is 2.24. The van der Waals surface area contributed by atoms with Crippen LogP contribution in [0.25, 0.3) is 0 Å². The fraction of sp³-hybridized carbons (Fsp3) is 0.500. The van der Waals surface area contributed by atoms with Gasteiger partial charge in [-0.1, -0.05) is 6.07 Å². The maximum Gasteiger partial charge on any atom is 0.254 e. The fourth-order valence-electron chi connectivity index (χ4n) is 2.30. The lowest BCUT2D eigenvalue weighted by Gasteiger charge is -2.37. The van der Waals surface area contributed by atoms with Crippen LogP contribution in [-0.2, 0) is 0 Å². The van der Waals surface area contributed by atoms with Crippen LogP contribution in [0.15, 0.2) is 18.2 Å². The second-order valence-corrected chi connectivity index (χ2v) is 4.82. The van der Waals surface area contributed by atoms with Crippen molar-refractivity contribution in [3.05, 3.63) is 29.3 Å². The normalized spacial score (nSPS) is 15.2. The lowest BCUT2D eigenvalue weighted by molar-refractivity contribution is 0.0587. The molecule has 1 saturated carbocycles. The first-order valence-corrected chi connectivity index (χ1v) is 6.44. The van der Waals surface area contributed by atoms with E-state index >= 15 is 0 Å². The van der Waals surface area contributed by atoms with E-state index in [-0.39, 0.29) is 11.7 Å². The molecule has 1 aliphatic rings. The zero-order valence-corrected chi connectivity index (χ0v) is 10.7. The Hall–Kier alpha value is -1.55. The van der Waals surface area contributed by atoms with E-state index in [1.165, 1.54) is 6.42 Å². The number of aromatic hydroxyl groups is 1. The molecule has 0 saturated heterocycles. The van der Waals surface area contributed by atoms with Crippen molar-refractivity contribution < 1.29 is 9.90 Å². The molecule has 0 bridgehead atoms. The van der Waals surface area contributed by atoms with Gasteiger partial charge in [0.25, 0.3) is 5.91 Å². The summed E-state index contributed by atoms with van der Waals surface area (Å²) < 4.78 is 0. The first-order valence-electron chi connectivity index (χ1n) is 6.44. The van der Waals surface area contributed by atoms with E-state index < -0.39 is 0 Å². The molecule has 1 fully saturated rings. The summed E-state index contributed by atoms with van der Waals surface area (Å²) in [7, 11) is 0. The molecule has 1 aromatic carbocycles. The Kier molecular flexibility index (Phi) is 3.87. The maximum atomic E-state index is 12.5. The number of hydrogen-bond donors (Lipinski definition) is 2. The molecule has 4 nitrogen and oxygen atoms in total. The fourth-order valence-corrected chi connectivity index (χ4v) is 2.30. The molecule has 1 amide bonds. The Bertz CT molecular complexity index is 441. The van der Waals surface area contributed by atoms with E-state index in [9.17, 15) is 9.90 Å². The third-order valence-electron chi connectivity index (χ3n) is 3.68. The molecule has 0 radical (unpaired) electrons. The molecule has 0 unspecified atom stereocenters. The zero-order valence-electron chi connectivity index (χ0n) is 10.7. The van der Waals surface area contributed by atoms with Crippen LogP contribution in [0.1, 0.15) is 35.2 Å². The average Bonchev–Trinajstić information content (AvgIpc) is 2.29. The number of carbonyl (C=O) groups excluding carboxylic acids is 1. The molecule has 0 aliphatic heterocycles. The van der Waals surface area contributed by atoms with E-state index in [4.69, 9.17) is 5.73 Å². The van der Waals surface area contributed by atoms with Crippen LogP contribution >= 0.6 is 0 Å². The Labute approximate surface area is 107 Å². The van der Waals surface area contributed by atoms with Gasteiger partial charge in [0, 0.05) is 30.3 Å². The quantitative estimate of drug-likeness (QED) is 0.851. The summed E-state index contributed by atoms with van der Waals surface area (Å²) in [5, 5.41) is 9.68. The second-order valence-electron chi connectivity index (χ2n) is 4.82. The summed E-state index contributed by atoms with van der Waals surface area (Å²) in [4.78, 5) is 14.4. The van der Waals surface area contributed by atoms with Gasteiger partial charge < -0.3 is 15.7 Å². The van der Waals surface area contributed by atoms with Crippen LogP contribution in [0.4, 0.5) is 0 Å².